The minimum Gasteiger partial charge on any atom is -0.478 e. The number of aromatic carboxylic acids is 1. The lowest BCUT2D eigenvalue weighted by Gasteiger charge is -2.33. The molecule has 1 heterocycles. The monoisotopic (exact) mass is 259 g/mol. The molecule has 0 atom stereocenters. The normalized spacial score (nSPS) is 18.6. The van der Waals surface area contributed by atoms with E-state index in [0.29, 0.717) is 5.52 Å². The molecule has 1 saturated carbocycles. The molecule has 5 heteroatoms. The van der Waals surface area contributed by atoms with Crippen molar-refractivity contribution in [3.8, 4) is 0 Å². The minimum atomic E-state index is -0.952. The number of fused-ring (bicyclic) bond motifs is 1. The smallest absolute Gasteiger partial charge is 0.338 e. The fourth-order valence-corrected chi connectivity index (χ4v) is 3.04. The van der Waals surface area contributed by atoms with Crippen LogP contribution in [-0.4, -0.2) is 26.1 Å². The van der Waals surface area contributed by atoms with Crippen molar-refractivity contribution in [3.05, 3.63) is 23.8 Å². The van der Waals surface area contributed by atoms with Gasteiger partial charge < -0.3 is 5.11 Å². The Labute approximate surface area is 111 Å². The lowest BCUT2D eigenvalue weighted by Crippen LogP contribution is -2.33. The molecule has 1 aliphatic rings. The first-order valence-corrected chi connectivity index (χ1v) is 6.70. The third-order valence-corrected chi connectivity index (χ3v) is 4.15. The third kappa shape index (κ3) is 1.89. The Morgan fingerprint density at radius 2 is 2.05 bits per heavy atom. The second-order valence-electron chi connectivity index (χ2n) is 5.54. The van der Waals surface area contributed by atoms with Crippen LogP contribution < -0.4 is 0 Å². The Kier molecular flexibility index (Phi) is 2.77. The average molecular weight is 259 g/mol. The summed E-state index contributed by atoms with van der Waals surface area (Å²) in [5.74, 6) is -0.952. The van der Waals surface area contributed by atoms with Gasteiger partial charge in [-0.25, -0.2) is 9.48 Å². The maximum Gasteiger partial charge on any atom is 0.338 e. The van der Waals surface area contributed by atoms with E-state index in [1.165, 1.54) is 19.3 Å². The Morgan fingerprint density at radius 3 is 2.74 bits per heavy atom. The molecule has 0 bridgehead atoms. The van der Waals surface area contributed by atoms with Crippen LogP contribution in [0.4, 0.5) is 0 Å². The van der Waals surface area contributed by atoms with Gasteiger partial charge in [0.25, 0.3) is 0 Å². The van der Waals surface area contributed by atoms with Crippen molar-refractivity contribution in [2.24, 2.45) is 0 Å². The molecule has 5 nitrogen and oxygen atoms in total. The molecule has 1 aliphatic carbocycles. The Balaban J connectivity index is 2.15. The number of benzene rings is 1. The Hall–Kier alpha value is -1.91. The number of carboxylic acid groups (broad SMARTS) is 1. The molecule has 0 unspecified atom stereocenters. The first-order valence-electron chi connectivity index (χ1n) is 6.70. The number of rotatable bonds is 2. The topological polar surface area (TPSA) is 68.0 Å². The standard InChI is InChI=1S/C14H17N3O2/c1-14(8-3-2-4-9-14)17-11-7-5-6-10(13(18)19)12(11)15-16-17/h5-7H,2-4,8-9H2,1H3,(H,18,19). The molecule has 0 saturated heterocycles. The van der Waals surface area contributed by atoms with E-state index in [9.17, 15) is 9.90 Å². The summed E-state index contributed by atoms with van der Waals surface area (Å²) >= 11 is 0. The first-order chi connectivity index (χ1) is 9.12. The Bertz CT molecular complexity index is 627. The van der Waals surface area contributed by atoms with Crippen molar-refractivity contribution in [1.29, 1.82) is 0 Å². The summed E-state index contributed by atoms with van der Waals surface area (Å²) in [5.41, 5.74) is 1.50. The third-order valence-electron chi connectivity index (χ3n) is 4.15. The summed E-state index contributed by atoms with van der Waals surface area (Å²) in [7, 11) is 0. The van der Waals surface area contributed by atoms with Crippen molar-refractivity contribution in [2.75, 3.05) is 0 Å². The van der Waals surface area contributed by atoms with Gasteiger partial charge in [-0.3, -0.25) is 0 Å². The summed E-state index contributed by atoms with van der Waals surface area (Å²) in [6.07, 6.45) is 5.79. The SMILES string of the molecule is CC1(n2nnc3c(C(=O)O)cccc32)CCCCC1. The van der Waals surface area contributed by atoms with Gasteiger partial charge in [-0.2, -0.15) is 0 Å². The summed E-state index contributed by atoms with van der Waals surface area (Å²) < 4.78 is 1.92. The van der Waals surface area contributed by atoms with E-state index in [2.05, 4.69) is 17.2 Å². The van der Waals surface area contributed by atoms with Gasteiger partial charge in [-0.1, -0.05) is 30.5 Å². The van der Waals surface area contributed by atoms with E-state index in [4.69, 9.17) is 0 Å². The van der Waals surface area contributed by atoms with Crippen LogP contribution in [0.2, 0.25) is 0 Å². The number of hydrogen-bond donors (Lipinski definition) is 1. The summed E-state index contributed by atoms with van der Waals surface area (Å²) in [6, 6.07) is 5.24. The molecule has 1 aromatic carbocycles. The van der Waals surface area contributed by atoms with Crippen LogP contribution >= 0.6 is 0 Å². The molecule has 1 fully saturated rings. The van der Waals surface area contributed by atoms with E-state index >= 15 is 0 Å². The van der Waals surface area contributed by atoms with Gasteiger partial charge in [0.15, 0.2) is 0 Å². The predicted octanol–water partition coefficient (Wildman–Crippen LogP) is 2.81. The minimum absolute atomic E-state index is 0.0376. The highest BCUT2D eigenvalue weighted by atomic mass is 16.4. The zero-order valence-electron chi connectivity index (χ0n) is 11.0. The summed E-state index contributed by atoms with van der Waals surface area (Å²) in [4.78, 5) is 11.2. The molecule has 3 rings (SSSR count). The van der Waals surface area contributed by atoms with Crippen molar-refractivity contribution in [1.82, 2.24) is 15.0 Å². The van der Waals surface area contributed by atoms with Crippen molar-refractivity contribution in [3.63, 3.8) is 0 Å². The lowest BCUT2D eigenvalue weighted by molar-refractivity contribution is 0.0699. The van der Waals surface area contributed by atoms with Gasteiger partial charge in [0.05, 0.1) is 16.6 Å². The maximum absolute atomic E-state index is 11.2. The second kappa shape index (κ2) is 4.33. The van der Waals surface area contributed by atoms with E-state index in [1.54, 1.807) is 12.1 Å². The van der Waals surface area contributed by atoms with Gasteiger partial charge in [-0.15, -0.1) is 5.10 Å². The van der Waals surface area contributed by atoms with E-state index in [-0.39, 0.29) is 11.1 Å². The van der Waals surface area contributed by atoms with Crippen molar-refractivity contribution in [2.45, 2.75) is 44.6 Å². The summed E-state index contributed by atoms with van der Waals surface area (Å²) in [6.45, 7) is 2.19. The lowest BCUT2D eigenvalue weighted by atomic mass is 9.83. The van der Waals surface area contributed by atoms with Crippen LogP contribution in [0.15, 0.2) is 18.2 Å². The highest BCUT2D eigenvalue weighted by molar-refractivity contribution is 6.00. The highest BCUT2D eigenvalue weighted by Crippen LogP contribution is 2.35. The first kappa shape index (κ1) is 12.1. The fraction of sp³-hybridized carbons (Fsp3) is 0.500. The number of carboxylic acids is 1. The molecule has 1 aromatic heterocycles. The molecule has 0 amide bonds. The van der Waals surface area contributed by atoms with Crippen molar-refractivity contribution >= 4 is 17.0 Å². The van der Waals surface area contributed by atoms with Crippen LogP contribution in [0.1, 0.15) is 49.4 Å². The van der Waals surface area contributed by atoms with Crippen LogP contribution in [0, 0.1) is 0 Å². The van der Waals surface area contributed by atoms with Crippen molar-refractivity contribution < 1.29 is 9.90 Å². The fourth-order valence-electron chi connectivity index (χ4n) is 3.04. The maximum atomic E-state index is 11.2. The van der Waals surface area contributed by atoms with Crippen LogP contribution in [0.5, 0.6) is 0 Å². The molecule has 2 aromatic rings. The number of hydrogen-bond acceptors (Lipinski definition) is 3. The Morgan fingerprint density at radius 1 is 1.32 bits per heavy atom. The molecule has 100 valence electrons. The molecular weight excluding hydrogens is 242 g/mol. The van der Waals surface area contributed by atoms with Crippen LogP contribution in [0.3, 0.4) is 0 Å². The highest BCUT2D eigenvalue weighted by Gasteiger charge is 2.31. The zero-order chi connectivity index (χ0) is 13.5. The molecule has 0 spiro atoms. The van der Waals surface area contributed by atoms with E-state index < -0.39 is 5.97 Å². The largest absolute Gasteiger partial charge is 0.478 e. The summed E-state index contributed by atoms with van der Waals surface area (Å²) in [5, 5.41) is 17.5. The molecule has 0 aliphatic heterocycles. The predicted molar refractivity (Wildman–Crippen MR) is 71.2 cm³/mol. The molecule has 0 radical (unpaired) electrons. The van der Waals surface area contributed by atoms with Crippen LogP contribution in [-0.2, 0) is 5.54 Å². The van der Waals surface area contributed by atoms with E-state index in [0.717, 1.165) is 18.4 Å². The van der Waals surface area contributed by atoms with E-state index in [1.807, 2.05) is 10.7 Å². The van der Waals surface area contributed by atoms with Gasteiger partial charge in [-0.05, 0) is 31.9 Å². The van der Waals surface area contributed by atoms with Gasteiger partial charge in [0, 0.05) is 0 Å². The number of nitrogens with zero attached hydrogens (tertiary/aromatic N) is 3. The van der Waals surface area contributed by atoms with Gasteiger partial charge >= 0.3 is 5.97 Å². The van der Waals surface area contributed by atoms with Crippen LogP contribution in [0.25, 0.3) is 11.0 Å². The zero-order valence-corrected chi connectivity index (χ0v) is 11.0. The van der Waals surface area contributed by atoms with Gasteiger partial charge in [0.1, 0.15) is 5.52 Å². The molecular formula is C14H17N3O2. The second-order valence-corrected chi connectivity index (χ2v) is 5.54. The molecule has 19 heavy (non-hydrogen) atoms. The quantitative estimate of drug-likeness (QED) is 0.900. The number of carbonyl (C=O) groups is 1. The number of aromatic nitrogens is 3. The van der Waals surface area contributed by atoms with Gasteiger partial charge in [0.2, 0.25) is 0 Å². The molecule has 1 N–H and O–H groups in total. The average Bonchev–Trinajstić information content (AvgIpc) is 2.83.